The predicted octanol–water partition coefficient (Wildman–Crippen LogP) is 4.57. The Balaban J connectivity index is 1.83. The Kier molecular flexibility index (Phi) is 4.66. The van der Waals surface area contributed by atoms with Crippen molar-refractivity contribution in [2.75, 3.05) is 0 Å². The first-order valence-electron chi connectivity index (χ1n) is 6.56. The summed E-state index contributed by atoms with van der Waals surface area (Å²) in [5.41, 5.74) is 3.08. The zero-order chi connectivity index (χ0) is 15.5. The van der Waals surface area contributed by atoms with Crippen LogP contribution in [0.2, 0.25) is 10.0 Å². The molecule has 3 rings (SSSR count). The Morgan fingerprint density at radius 3 is 2.73 bits per heavy atom. The van der Waals surface area contributed by atoms with Crippen molar-refractivity contribution in [1.29, 1.82) is 0 Å². The number of hydrogen-bond acceptors (Lipinski definition) is 4. The molecule has 0 saturated heterocycles. The molecule has 0 amide bonds. The van der Waals surface area contributed by atoms with Crippen LogP contribution in [-0.4, -0.2) is 20.2 Å². The van der Waals surface area contributed by atoms with Gasteiger partial charge in [0, 0.05) is 15.8 Å². The zero-order valence-electron chi connectivity index (χ0n) is 11.7. The molecule has 22 heavy (non-hydrogen) atoms. The van der Waals surface area contributed by atoms with Gasteiger partial charge in [-0.2, -0.15) is 4.68 Å². The third-order valence-electron chi connectivity index (χ3n) is 3.16. The fraction of sp³-hybridized carbons (Fsp3) is 0.133. The Morgan fingerprint density at radius 2 is 1.95 bits per heavy atom. The van der Waals surface area contributed by atoms with E-state index in [0.29, 0.717) is 15.8 Å². The molecule has 1 heterocycles. The van der Waals surface area contributed by atoms with E-state index in [9.17, 15) is 0 Å². The number of para-hydroxylation sites is 1. The Hall–Kier alpha value is -1.56. The number of aryl methyl sites for hydroxylation is 1. The van der Waals surface area contributed by atoms with Crippen molar-refractivity contribution in [3.8, 4) is 5.69 Å². The van der Waals surface area contributed by atoms with Crippen molar-refractivity contribution >= 4 is 35.0 Å². The maximum absolute atomic E-state index is 6.20. The average Bonchev–Trinajstić information content (AvgIpc) is 2.95. The number of halogens is 2. The molecule has 0 radical (unpaired) electrons. The molecule has 7 heteroatoms. The molecule has 3 aromatic rings. The number of nitrogens with zero attached hydrogens (tertiary/aromatic N) is 4. The van der Waals surface area contributed by atoms with Gasteiger partial charge in [0.15, 0.2) is 0 Å². The minimum Gasteiger partial charge on any atom is -0.187 e. The molecule has 1 aromatic heterocycles. The van der Waals surface area contributed by atoms with Gasteiger partial charge in [-0.05, 0) is 46.7 Å². The second-order valence-corrected chi connectivity index (χ2v) is 6.47. The molecule has 0 aliphatic heterocycles. The first-order valence-corrected chi connectivity index (χ1v) is 8.30. The maximum Gasteiger partial charge on any atom is 0.214 e. The molecule has 0 aliphatic carbocycles. The van der Waals surface area contributed by atoms with Crippen molar-refractivity contribution in [3.63, 3.8) is 0 Å². The normalized spacial score (nSPS) is 10.9. The number of benzene rings is 2. The van der Waals surface area contributed by atoms with Crippen molar-refractivity contribution in [2.45, 2.75) is 17.8 Å². The predicted molar refractivity (Wildman–Crippen MR) is 89.9 cm³/mol. The van der Waals surface area contributed by atoms with Gasteiger partial charge in [-0.1, -0.05) is 59.2 Å². The monoisotopic (exact) mass is 350 g/mol. The van der Waals surface area contributed by atoms with Crippen LogP contribution in [0.5, 0.6) is 0 Å². The summed E-state index contributed by atoms with van der Waals surface area (Å²) >= 11 is 13.6. The summed E-state index contributed by atoms with van der Waals surface area (Å²) in [4.78, 5) is 0. The molecular weight excluding hydrogens is 339 g/mol. The zero-order valence-corrected chi connectivity index (χ0v) is 14.0. The number of hydrogen-bond donors (Lipinski definition) is 0. The largest absolute Gasteiger partial charge is 0.214 e. The minimum absolute atomic E-state index is 0.628. The molecule has 0 bridgehead atoms. The van der Waals surface area contributed by atoms with Gasteiger partial charge in [0.05, 0.1) is 5.69 Å². The Bertz CT molecular complexity index is 804. The van der Waals surface area contributed by atoms with Gasteiger partial charge in [0.1, 0.15) is 0 Å². The molecule has 0 N–H and O–H groups in total. The van der Waals surface area contributed by atoms with Crippen molar-refractivity contribution < 1.29 is 0 Å². The summed E-state index contributed by atoms with van der Waals surface area (Å²) in [6, 6.07) is 13.5. The van der Waals surface area contributed by atoms with E-state index in [1.54, 1.807) is 10.7 Å². The molecule has 0 aliphatic rings. The van der Waals surface area contributed by atoms with Crippen molar-refractivity contribution in [1.82, 2.24) is 20.2 Å². The van der Waals surface area contributed by atoms with Gasteiger partial charge in [0.25, 0.3) is 0 Å². The molecular formula is C15H12Cl2N4S. The average molecular weight is 351 g/mol. The number of rotatable bonds is 4. The topological polar surface area (TPSA) is 43.6 Å². The van der Waals surface area contributed by atoms with Gasteiger partial charge in [-0.25, -0.2) is 0 Å². The minimum atomic E-state index is 0.628. The lowest BCUT2D eigenvalue weighted by Gasteiger charge is -2.07. The van der Waals surface area contributed by atoms with Gasteiger partial charge < -0.3 is 0 Å². The molecule has 2 aromatic carbocycles. The number of aromatic nitrogens is 4. The lowest BCUT2D eigenvalue weighted by atomic mass is 10.2. The highest BCUT2D eigenvalue weighted by Gasteiger charge is 2.12. The first-order chi connectivity index (χ1) is 10.6. The number of tetrazole rings is 1. The molecule has 0 atom stereocenters. The molecule has 4 nitrogen and oxygen atoms in total. The highest BCUT2D eigenvalue weighted by atomic mass is 35.5. The van der Waals surface area contributed by atoms with Crippen LogP contribution in [0.1, 0.15) is 11.1 Å². The van der Waals surface area contributed by atoms with E-state index in [1.165, 1.54) is 11.8 Å². The lowest BCUT2D eigenvalue weighted by Crippen LogP contribution is -2.01. The lowest BCUT2D eigenvalue weighted by molar-refractivity contribution is 0.752. The van der Waals surface area contributed by atoms with Crippen LogP contribution in [0, 0.1) is 6.92 Å². The first kappa shape index (κ1) is 15.3. The van der Waals surface area contributed by atoms with Crippen LogP contribution in [0.15, 0.2) is 47.6 Å². The fourth-order valence-electron chi connectivity index (χ4n) is 2.00. The molecule has 0 spiro atoms. The van der Waals surface area contributed by atoms with Gasteiger partial charge in [-0.3, -0.25) is 0 Å². The summed E-state index contributed by atoms with van der Waals surface area (Å²) in [5.74, 6) is 0.669. The van der Waals surface area contributed by atoms with Gasteiger partial charge >= 0.3 is 0 Å². The highest BCUT2D eigenvalue weighted by molar-refractivity contribution is 7.98. The molecule has 112 valence electrons. The van der Waals surface area contributed by atoms with Crippen LogP contribution in [0.4, 0.5) is 0 Å². The van der Waals surface area contributed by atoms with Crippen LogP contribution in [0.3, 0.4) is 0 Å². The standard InChI is InChI=1S/C15H12Cl2N4S/c1-10-4-2-3-5-14(10)21-15(18-19-20-21)22-9-11-6-7-12(16)8-13(11)17/h2-8H,9H2,1H3. The SMILES string of the molecule is Cc1ccccc1-n1nnnc1SCc1ccc(Cl)cc1Cl. The summed E-state index contributed by atoms with van der Waals surface area (Å²) in [7, 11) is 0. The van der Waals surface area contributed by atoms with E-state index >= 15 is 0 Å². The van der Waals surface area contributed by atoms with E-state index in [4.69, 9.17) is 23.2 Å². The summed E-state index contributed by atoms with van der Waals surface area (Å²) < 4.78 is 1.74. The second-order valence-electron chi connectivity index (χ2n) is 4.68. The van der Waals surface area contributed by atoms with Gasteiger partial charge in [-0.15, -0.1) is 5.10 Å². The Morgan fingerprint density at radius 1 is 1.14 bits per heavy atom. The van der Waals surface area contributed by atoms with E-state index in [1.807, 2.05) is 43.3 Å². The van der Waals surface area contributed by atoms with E-state index in [-0.39, 0.29) is 0 Å². The van der Waals surface area contributed by atoms with Crippen LogP contribution < -0.4 is 0 Å². The van der Waals surface area contributed by atoms with Crippen molar-refractivity contribution in [2.24, 2.45) is 0 Å². The summed E-state index contributed by atoms with van der Waals surface area (Å²) in [6.45, 7) is 2.03. The Labute approximate surface area is 142 Å². The fourth-order valence-corrected chi connectivity index (χ4v) is 3.44. The summed E-state index contributed by atoms with van der Waals surface area (Å²) in [5, 5.41) is 13.9. The van der Waals surface area contributed by atoms with Crippen LogP contribution >= 0.6 is 35.0 Å². The second kappa shape index (κ2) is 6.69. The van der Waals surface area contributed by atoms with E-state index < -0.39 is 0 Å². The molecule has 0 unspecified atom stereocenters. The van der Waals surface area contributed by atoms with Gasteiger partial charge in [0.2, 0.25) is 5.16 Å². The van der Waals surface area contributed by atoms with E-state index in [0.717, 1.165) is 22.0 Å². The molecule has 0 saturated carbocycles. The third-order valence-corrected chi connectivity index (χ3v) is 4.71. The van der Waals surface area contributed by atoms with E-state index in [2.05, 4.69) is 15.5 Å². The number of thioether (sulfide) groups is 1. The quantitative estimate of drug-likeness (QED) is 0.646. The van der Waals surface area contributed by atoms with Crippen LogP contribution in [-0.2, 0) is 5.75 Å². The summed E-state index contributed by atoms with van der Waals surface area (Å²) in [6.07, 6.45) is 0. The molecule has 0 fully saturated rings. The maximum atomic E-state index is 6.20. The highest BCUT2D eigenvalue weighted by Crippen LogP contribution is 2.28. The third kappa shape index (κ3) is 3.27. The van der Waals surface area contributed by atoms with Crippen LogP contribution in [0.25, 0.3) is 5.69 Å². The smallest absolute Gasteiger partial charge is 0.187 e. The van der Waals surface area contributed by atoms with Crippen molar-refractivity contribution in [3.05, 3.63) is 63.6 Å².